The van der Waals surface area contributed by atoms with Gasteiger partial charge in [-0.25, -0.2) is 0 Å². The molecule has 0 saturated carbocycles. The molecule has 0 aliphatic carbocycles. The number of hydrogen-bond acceptors (Lipinski definition) is 4. The zero-order chi connectivity index (χ0) is 13.2. The van der Waals surface area contributed by atoms with Crippen LogP contribution < -0.4 is 0 Å². The zero-order valence-electron chi connectivity index (χ0n) is 10.5. The fourth-order valence-corrected chi connectivity index (χ4v) is 3.05. The maximum absolute atomic E-state index is 4.70. The van der Waals surface area contributed by atoms with Gasteiger partial charge in [0, 0.05) is 16.6 Å². The highest BCUT2D eigenvalue weighted by Gasteiger charge is 2.19. The molecule has 0 bridgehead atoms. The Morgan fingerprint density at radius 2 is 2.05 bits per heavy atom. The van der Waals surface area contributed by atoms with E-state index in [1.807, 2.05) is 16.8 Å². The van der Waals surface area contributed by atoms with Crippen molar-refractivity contribution in [1.29, 1.82) is 0 Å². The standard InChI is InChI=1S/C13H13BrN4S/c1-2-3-12-15-16-13-18(12)17-11(8-19-13)9-4-6-10(14)7-5-9/h4-7H,2-3,8H2,1H3. The molecule has 0 amide bonds. The van der Waals surface area contributed by atoms with Gasteiger partial charge >= 0.3 is 0 Å². The summed E-state index contributed by atoms with van der Waals surface area (Å²) >= 11 is 5.14. The number of aromatic nitrogens is 3. The summed E-state index contributed by atoms with van der Waals surface area (Å²) < 4.78 is 2.96. The Hall–Kier alpha value is -1.14. The second-order valence-electron chi connectivity index (χ2n) is 4.30. The predicted molar refractivity (Wildman–Crippen MR) is 80.8 cm³/mol. The van der Waals surface area contributed by atoms with Crippen LogP contribution >= 0.6 is 27.7 Å². The molecule has 2 heterocycles. The van der Waals surface area contributed by atoms with Crippen molar-refractivity contribution in [3.8, 4) is 0 Å². The van der Waals surface area contributed by atoms with Gasteiger partial charge in [-0.05, 0) is 24.1 Å². The first-order chi connectivity index (χ1) is 9.28. The summed E-state index contributed by atoms with van der Waals surface area (Å²) in [5.74, 6) is 1.78. The second-order valence-corrected chi connectivity index (χ2v) is 6.16. The van der Waals surface area contributed by atoms with Crippen LogP contribution in [0.1, 0.15) is 24.7 Å². The van der Waals surface area contributed by atoms with Gasteiger partial charge in [-0.15, -0.1) is 10.2 Å². The summed E-state index contributed by atoms with van der Waals surface area (Å²) in [6.45, 7) is 2.14. The molecule has 0 spiro atoms. The van der Waals surface area contributed by atoms with E-state index in [1.54, 1.807) is 11.8 Å². The molecule has 6 heteroatoms. The average Bonchev–Trinajstić information content (AvgIpc) is 2.83. The van der Waals surface area contributed by atoms with Gasteiger partial charge in [-0.1, -0.05) is 46.7 Å². The molecular formula is C13H13BrN4S. The molecule has 0 unspecified atom stereocenters. The van der Waals surface area contributed by atoms with Crippen molar-refractivity contribution in [2.75, 3.05) is 5.75 Å². The van der Waals surface area contributed by atoms with E-state index < -0.39 is 0 Å². The van der Waals surface area contributed by atoms with Gasteiger partial charge in [0.25, 0.3) is 0 Å². The number of hydrogen-bond donors (Lipinski definition) is 0. The fourth-order valence-electron chi connectivity index (χ4n) is 1.93. The minimum atomic E-state index is 0.839. The third kappa shape index (κ3) is 2.60. The summed E-state index contributed by atoms with van der Waals surface area (Å²) in [5, 5.41) is 14.0. The first-order valence-corrected chi connectivity index (χ1v) is 7.96. The Morgan fingerprint density at radius 3 is 2.79 bits per heavy atom. The Bertz CT molecular complexity index is 618. The van der Waals surface area contributed by atoms with Gasteiger partial charge in [0.05, 0.1) is 5.71 Å². The highest BCUT2D eigenvalue weighted by atomic mass is 79.9. The molecule has 1 aromatic carbocycles. The second kappa shape index (κ2) is 5.46. The van der Waals surface area contributed by atoms with E-state index in [4.69, 9.17) is 5.10 Å². The van der Waals surface area contributed by atoms with Crippen LogP contribution in [-0.4, -0.2) is 26.3 Å². The molecule has 3 rings (SSSR count). The minimum Gasteiger partial charge on any atom is -0.191 e. The van der Waals surface area contributed by atoms with Gasteiger partial charge in [0.1, 0.15) is 0 Å². The molecule has 0 radical (unpaired) electrons. The number of rotatable bonds is 3. The molecular weight excluding hydrogens is 324 g/mol. The van der Waals surface area contributed by atoms with Gasteiger partial charge in [0.2, 0.25) is 5.16 Å². The van der Waals surface area contributed by atoms with Crippen molar-refractivity contribution in [1.82, 2.24) is 14.9 Å². The van der Waals surface area contributed by atoms with E-state index in [1.165, 1.54) is 0 Å². The van der Waals surface area contributed by atoms with E-state index in [9.17, 15) is 0 Å². The molecule has 0 atom stereocenters. The molecule has 0 fully saturated rings. The lowest BCUT2D eigenvalue weighted by Crippen LogP contribution is -2.14. The maximum atomic E-state index is 4.70. The molecule has 1 aromatic heterocycles. The van der Waals surface area contributed by atoms with Crippen molar-refractivity contribution in [3.05, 3.63) is 40.1 Å². The first kappa shape index (κ1) is 12.9. The maximum Gasteiger partial charge on any atom is 0.212 e. The number of thioether (sulfide) groups is 1. The molecule has 0 saturated heterocycles. The summed E-state index contributed by atoms with van der Waals surface area (Å²) in [5.41, 5.74) is 2.22. The Kier molecular flexibility index (Phi) is 3.70. The van der Waals surface area contributed by atoms with Crippen molar-refractivity contribution < 1.29 is 0 Å². The lowest BCUT2D eigenvalue weighted by atomic mass is 10.1. The van der Waals surface area contributed by atoms with E-state index in [-0.39, 0.29) is 0 Å². The van der Waals surface area contributed by atoms with Crippen molar-refractivity contribution in [3.63, 3.8) is 0 Å². The van der Waals surface area contributed by atoms with Crippen LogP contribution in [0.3, 0.4) is 0 Å². The zero-order valence-corrected chi connectivity index (χ0v) is 12.9. The van der Waals surface area contributed by atoms with Crippen LogP contribution in [0.4, 0.5) is 0 Å². The highest BCUT2D eigenvalue weighted by Crippen LogP contribution is 2.24. The topological polar surface area (TPSA) is 43.1 Å². The monoisotopic (exact) mass is 336 g/mol. The van der Waals surface area contributed by atoms with Crippen LogP contribution in [0.15, 0.2) is 39.0 Å². The lowest BCUT2D eigenvalue weighted by molar-refractivity contribution is 0.693. The number of halogens is 1. The van der Waals surface area contributed by atoms with Crippen LogP contribution in [0.2, 0.25) is 0 Å². The number of aryl methyl sites for hydroxylation is 1. The average molecular weight is 337 g/mol. The normalized spacial score (nSPS) is 14.1. The number of fused-ring (bicyclic) bond motifs is 1. The van der Waals surface area contributed by atoms with E-state index in [0.29, 0.717) is 0 Å². The molecule has 1 aliphatic rings. The van der Waals surface area contributed by atoms with E-state index >= 15 is 0 Å². The molecule has 19 heavy (non-hydrogen) atoms. The van der Waals surface area contributed by atoms with Gasteiger partial charge < -0.3 is 0 Å². The molecule has 1 aliphatic heterocycles. The van der Waals surface area contributed by atoms with Gasteiger partial charge in [-0.3, -0.25) is 0 Å². The Labute approximate surface area is 124 Å². The number of nitrogens with zero attached hydrogens (tertiary/aromatic N) is 4. The third-order valence-electron chi connectivity index (χ3n) is 2.89. The summed E-state index contributed by atoms with van der Waals surface area (Å²) in [7, 11) is 0. The number of benzene rings is 1. The smallest absolute Gasteiger partial charge is 0.191 e. The fraction of sp³-hybridized carbons (Fsp3) is 0.308. The quantitative estimate of drug-likeness (QED) is 0.863. The van der Waals surface area contributed by atoms with Crippen LogP contribution in [-0.2, 0) is 6.42 Å². The lowest BCUT2D eigenvalue weighted by Gasteiger charge is -2.13. The van der Waals surface area contributed by atoms with E-state index in [0.717, 1.165) is 45.3 Å². The van der Waals surface area contributed by atoms with Crippen LogP contribution in [0, 0.1) is 0 Å². The molecule has 2 aromatic rings. The summed E-state index contributed by atoms with van der Waals surface area (Å²) in [6.07, 6.45) is 1.95. The van der Waals surface area contributed by atoms with Crippen molar-refractivity contribution >= 4 is 33.4 Å². The van der Waals surface area contributed by atoms with E-state index in [2.05, 4.69) is 45.2 Å². The van der Waals surface area contributed by atoms with Crippen LogP contribution in [0.25, 0.3) is 0 Å². The van der Waals surface area contributed by atoms with Gasteiger partial charge in [-0.2, -0.15) is 9.78 Å². The summed E-state index contributed by atoms with van der Waals surface area (Å²) in [4.78, 5) is 0. The highest BCUT2D eigenvalue weighted by molar-refractivity contribution is 9.10. The predicted octanol–water partition coefficient (Wildman–Crippen LogP) is 3.35. The minimum absolute atomic E-state index is 0.839. The molecule has 0 N–H and O–H groups in total. The Morgan fingerprint density at radius 1 is 1.26 bits per heavy atom. The largest absolute Gasteiger partial charge is 0.212 e. The SMILES string of the molecule is CCCc1nnc2n1N=C(c1ccc(Br)cc1)CS2. The third-order valence-corrected chi connectivity index (χ3v) is 4.35. The van der Waals surface area contributed by atoms with Crippen molar-refractivity contribution in [2.24, 2.45) is 5.10 Å². The first-order valence-electron chi connectivity index (χ1n) is 6.19. The van der Waals surface area contributed by atoms with Crippen molar-refractivity contribution in [2.45, 2.75) is 24.9 Å². The van der Waals surface area contributed by atoms with Gasteiger partial charge in [0.15, 0.2) is 5.82 Å². The summed E-state index contributed by atoms with van der Waals surface area (Å²) in [6, 6.07) is 8.24. The Balaban J connectivity index is 1.98. The molecule has 98 valence electrons. The van der Waals surface area contributed by atoms with Crippen LogP contribution in [0.5, 0.6) is 0 Å². The molecule has 4 nitrogen and oxygen atoms in total.